The molecule has 3 aromatic carbocycles. The number of carbonyl (C=O) groups is 3. The third-order valence-corrected chi connectivity index (χ3v) is 10.9. The molecule has 0 saturated heterocycles. The number of carboxylic acids is 1. The zero-order chi connectivity index (χ0) is 38.2. The van der Waals surface area contributed by atoms with E-state index >= 15 is 0 Å². The lowest BCUT2D eigenvalue weighted by atomic mass is 9.71. The van der Waals surface area contributed by atoms with Crippen LogP contribution in [0.2, 0.25) is 0 Å². The third-order valence-electron chi connectivity index (χ3n) is 10.9. The second-order valence-corrected chi connectivity index (χ2v) is 14.5. The van der Waals surface area contributed by atoms with E-state index < -0.39 is 42.5 Å². The number of alkyl halides is 3. The molecule has 2 aliphatic carbocycles. The molecule has 1 atom stereocenters. The van der Waals surface area contributed by atoms with Gasteiger partial charge >= 0.3 is 12.1 Å². The van der Waals surface area contributed by atoms with Crippen LogP contribution in [0, 0.1) is 17.8 Å². The number of halogens is 3. The number of anilines is 1. The van der Waals surface area contributed by atoms with Crippen molar-refractivity contribution in [2.24, 2.45) is 17.8 Å². The van der Waals surface area contributed by atoms with Gasteiger partial charge in [-0.05, 0) is 96.9 Å². The third kappa shape index (κ3) is 9.80. The SMILES string of the molecule is CCC1CCC(C2CC=C(c3cnc(-c4ccc(CN(CC(=O)O)C(=O)c5ccc(NC(=O)Cc6ccccc6C(F)(F)F)cc5)cc4)nc3)CC2)CC1. The minimum absolute atomic E-state index is 0.0253. The van der Waals surface area contributed by atoms with Crippen molar-refractivity contribution in [1.82, 2.24) is 14.9 Å². The van der Waals surface area contributed by atoms with Gasteiger partial charge in [0.2, 0.25) is 5.91 Å². The lowest BCUT2D eigenvalue weighted by Gasteiger charge is -2.35. The van der Waals surface area contributed by atoms with Crippen molar-refractivity contribution in [3.05, 3.63) is 119 Å². The Bertz CT molecular complexity index is 1950. The summed E-state index contributed by atoms with van der Waals surface area (Å²) in [4.78, 5) is 48.1. The molecule has 1 aromatic heterocycles. The van der Waals surface area contributed by atoms with E-state index in [-0.39, 0.29) is 23.4 Å². The standard InChI is InChI=1S/C43H45F3N4O4/c1-2-28-7-11-30(12-8-28)31-15-17-32(18-16-31)36-24-47-41(48-25-36)33-13-9-29(10-14-33)26-50(27-40(52)53)42(54)34-19-21-37(22-20-34)49-39(51)23-35-5-3-4-6-38(35)43(44,45)46/h3-6,9-10,13-14,17,19-22,24-25,28,30-31H,2,7-8,11-12,15-16,18,23,26-27H2,1H3,(H,49,51)(H,52,53). The Morgan fingerprint density at radius 1 is 0.852 bits per heavy atom. The molecule has 4 aromatic rings. The van der Waals surface area contributed by atoms with Crippen molar-refractivity contribution >= 4 is 29.0 Å². The summed E-state index contributed by atoms with van der Waals surface area (Å²) in [6.07, 6.45) is 11.2. The fraction of sp³-hybridized carbons (Fsp3) is 0.372. The second-order valence-electron chi connectivity index (χ2n) is 14.5. The van der Waals surface area contributed by atoms with Crippen LogP contribution in [-0.2, 0) is 28.7 Å². The lowest BCUT2D eigenvalue weighted by molar-refractivity contribution is -0.139. The van der Waals surface area contributed by atoms with Crippen LogP contribution in [0.3, 0.4) is 0 Å². The molecular weight excluding hydrogens is 693 g/mol. The molecule has 1 heterocycles. The minimum Gasteiger partial charge on any atom is -0.480 e. The minimum atomic E-state index is -4.59. The van der Waals surface area contributed by atoms with Crippen molar-refractivity contribution in [3.63, 3.8) is 0 Å². The van der Waals surface area contributed by atoms with Gasteiger partial charge in [-0.3, -0.25) is 14.4 Å². The molecule has 11 heteroatoms. The van der Waals surface area contributed by atoms with Gasteiger partial charge in [-0.1, -0.05) is 74.7 Å². The van der Waals surface area contributed by atoms with Crippen molar-refractivity contribution in [2.75, 3.05) is 11.9 Å². The molecule has 2 aliphatic rings. The average Bonchev–Trinajstić information content (AvgIpc) is 3.18. The highest BCUT2D eigenvalue weighted by Gasteiger charge is 2.33. The molecule has 0 aliphatic heterocycles. The van der Waals surface area contributed by atoms with Crippen LogP contribution in [0.5, 0.6) is 0 Å². The number of carboxylic acid groups (broad SMARTS) is 1. The number of rotatable bonds is 12. The van der Waals surface area contributed by atoms with Gasteiger partial charge in [0.05, 0.1) is 12.0 Å². The summed E-state index contributed by atoms with van der Waals surface area (Å²) in [6.45, 7) is 1.79. The first kappa shape index (κ1) is 38.4. The molecular formula is C43H45F3N4O4. The molecule has 2 amide bonds. The first-order valence-electron chi connectivity index (χ1n) is 18.6. The fourth-order valence-electron chi connectivity index (χ4n) is 7.81. The number of hydrogen-bond donors (Lipinski definition) is 2. The zero-order valence-corrected chi connectivity index (χ0v) is 30.3. The molecule has 0 bridgehead atoms. The van der Waals surface area contributed by atoms with Crippen LogP contribution in [0.1, 0.15) is 90.9 Å². The molecule has 0 radical (unpaired) electrons. The number of benzene rings is 3. The first-order chi connectivity index (χ1) is 26.0. The molecule has 1 unspecified atom stereocenters. The van der Waals surface area contributed by atoms with E-state index in [1.165, 1.54) is 91.5 Å². The van der Waals surface area contributed by atoms with Crippen molar-refractivity contribution < 1.29 is 32.7 Å². The topological polar surface area (TPSA) is 112 Å². The largest absolute Gasteiger partial charge is 0.480 e. The number of nitrogens with one attached hydrogen (secondary N) is 1. The Balaban J connectivity index is 1.04. The Kier molecular flexibility index (Phi) is 12.2. The van der Waals surface area contributed by atoms with E-state index in [0.29, 0.717) is 11.4 Å². The highest BCUT2D eigenvalue weighted by atomic mass is 19.4. The van der Waals surface area contributed by atoms with E-state index in [1.807, 2.05) is 36.7 Å². The molecule has 1 saturated carbocycles. The van der Waals surface area contributed by atoms with E-state index in [0.717, 1.165) is 47.8 Å². The average molecular weight is 739 g/mol. The van der Waals surface area contributed by atoms with Gasteiger partial charge in [-0.2, -0.15) is 13.2 Å². The molecule has 0 spiro atoms. The lowest BCUT2D eigenvalue weighted by Crippen LogP contribution is -2.35. The summed E-state index contributed by atoms with van der Waals surface area (Å²) in [6, 6.07) is 17.9. The van der Waals surface area contributed by atoms with Crippen LogP contribution in [0.15, 0.2) is 91.3 Å². The monoisotopic (exact) mass is 738 g/mol. The van der Waals surface area contributed by atoms with Gasteiger partial charge in [0.15, 0.2) is 5.82 Å². The summed E-state index contributed by atoms with van der Waals surface area (Å²) in [5.41, 5.74) is 3.29. The quantitative estimate of drug-likeness (QED) is 0.150. The number of amides is 2. The molecule has 6 rings (SSSR count). The van der Waals surface area contributed by atoms with Crippen LogP contribution < -0.4 is 5.32 Å². The summed E-state index contributed by atoms with van der Waals surface area (Å²) in [5.74, 6) is 0.744. The number of allylic oxidation sites excluding steroid dienone is 2. The van der Waals surface area contributed by atoms with Crippen molar-refractivity contribution in [2.45, 2.75) is 77.4 Å². The maximum Gasteiger partial charge on any atom is 0.416 e. The molecule has 282 valence electrons. The van der Waals surface area contributed by atoms with Gasteiger partial charge < -0.3 is 15.3 Å². The Morgan fingerprint density at radius 2 is 1.54 bits per heavy atom. The molecule has 1 fully saturated rings. The van der Waals surface area contributed by atoms with E-state index in [4.69, 9.17) is 0 Å². The Hall–Kier alpha value is -5.32. The summed E-state index contributed by atoms with van der Waals surface area (Å²) >= 11 is 0. The van der Waals surface area contributed by atoms with Crippen LogP contribution >= 0.6 is 0 Å². The maximum atomic E-state index is 13.4. The molecule has 2 N–H and O–H groups in total. The Labute approximate surface area is 313 Å². The first-order valence-corrected chi connectivity index (χ1v) is 18.6. The normalized spacial score (nSPS) is 18.7. The van der Waals surface area contributed by atoms with E-state index in [2.05, 4.69) is 28.3 Å². The predicted molar refractivity (Wildman–Crippen MR) is 201 cm³/mol. The highest BCUT2D eigenvalue weighted by molar-refractivity contribution is 5.97. The molecule has 54 heavy (non-hydrogen) atoms. The Morgan fingerprint density at radius 3 is 2.15 bits per heavy atom. The van der Waals surface area contributed by atoms with Gasteiger partial charge in [0.25, 0.3) is 5.91 Å². The smallest absolute Gasteiger partial charge is 0.416 e. The zero-order valence-electron chi connectivity index (χ0n) is 30.3. The van der Waals surface area contributed by atoms with Gasteiger partial charge in [-0.25, -0.2) is 9.97 Å². The summed E-state index contributed by atoms with van der Waals surface area (Å²) in [5, 5.41) is 12.1. The summed E-state index contributed by atoms with van der Waals surface area (Å²) < 4.78 is 40.0. The second kappa shape index (κ2) is 17.2. The van der Waals surface area contributed by atoms with Crippen LogP contribution in [0.25, 0.3) is 17.0 Å². The van der Waals surface area contributed by atoms with Crippen molar-refractivity contribution in [3.8, 4) is 11.4 Å². The van der Waals surface area contributed by atoms with Gasteiger partial charge in [0.1, 0.15) is 6.54 Å². The van der Waals surface area contributed by atoms with Gasteiger partial charge in [-0.15, -0.1) is 0 Å². The maximum absolute atomic E-state index is 13.4. The summed E-state index contributed by atoms with van der Waals surface area (Å²) in [7, 11) is 0. The van der Waals surface area contributed by atoms with Crippen LogP contribution in [-0.4, -0.2) is 44.3 Å². The number of nitrogens with zero attached hydrogens (tertiary/aromatic N) is 3. The number of aromatic nitrogens is 2. The molecule has 8 nitrogen and oxygen atoms in total. The van der Waals surface area contributed by atoms with E-state index in [9.17, 15) is 32.7 Å². The van der Waals surface area contributed by atoms with E-state index in [1.54, 1.807) is 0 Å². The van der Waals surface area contributed by atoms with Crippen molar-refractivity contribution in [1.29, 1.82) is 0 Å². The number of aliphatic carboxylic acids is 1. The number of hydrogen-bond acceptors (Lipinski definition) is 5. The fourth-order valence-corrected chi connectivity index (χ4v) is 7.81. The predicted octanol–water partition coefficient (Wildman–Crippen LogP) is 9.47. The number of carbonyl (C=O) groups excluding carboxylic acids is 2. The van der Waals surface area contributed by atoms with Gasteiger partial charge in [0, 0.05) is 41.3 Å². The van der Waals surface area contributed by atoms with Crippen LogP contribution in [0.4, 0.5) is 18.9 Å². The highest BCUT2D eigenvalue weighted by Crippen LogP contribution is 2.41.